The van der Waals surface area contributed by atoms with Crippen LogP contribution in [0.1, 0.15) is 26.6 Å². The number of aromatic nitrogens is 1. The van der Waals surface area contributed by atoms with E-state index in [9.17, 15) is 13.6 Å². The van der Waals surface area contributed by atoms with Crippen LogP contribution in [0.25, 0.3) is 0 Å². The SMILES string of the molecule is COc1ccc(CCNC(=O)c2csc(Cc3ccccc3)n2)cc1OC(F)F. The molecule has 1 amide bonds. The summed E-state index contributed by atoms with van der Waals surface area (Å²) in [6, 6.07) is 14.7. The summed E-state index contributed by atoms with van der Waals surface area (Å²) in [6.45, 7) is -2.60. The van der Waals surface area contributed by atoms with Crippen LogP contribution in [0.15, 0.2) is 53.9 Å². The lowest BCUT2D eigenvalue weighted by Gasteiger charge is -2.11. The Balaban J connectivity index is 1.53. The summed E-state index contributed by atoms with van der Waals surface area (Å²) < 4.78 is 34.5. The largest absolute Gasteiger partial charge is 0.493 e. The van der Waals surface area contributed by atoms with Crippen LogP contribution in [-0.2, 0) is 12.8 Å². The standard InChI is InChI=1S/C21H20F2N2O3S/c1-27-17-8-7-15(11-18(17)28-21(22)23)9-10-24-20(26)16-13-29-19(25-16)12-14-5-3-2-4-6-14/h2-8,11,13,21H,9-10,12H2,1H3,(H,24,26). The minimum absolute atomic E-state index is 0.0311. The molecule has 3 aromatic rings. The maximum Gasteiger partial charge on any atom is 0.387 e. The number of hydrogen-bond donors (Lipinski definition) is 1. The number of halogens is 2. The molecule has 0 aliphatic carbocycles. The van der Waals surface area contributed by atoms with Crippen molar-refractivity contribution in [1.29, 1.82) is 0 Å². The maximum atomic E-state index is 12.5. The van der Waals surface area contributed by atoms with Gasteiger partial charge in [-0.1, -0.05) is 36.4 Å². The van der Waals surface area contributed by atoms with Gasteiger partial charge in [0.2, 0.25) is 0 Å². The van der Waals surface area contributed by atoms with Gasteiger partial charge in [0.25, 0.3) is 5.91 Å². The number of nitrogens with zero attached hydrogens (tertiary/aromatic N) is 1. The number of ether oxygens (including phenoxy) is 2. The highest BCUT2D eigenvalue weighted by Crippen LogP contribution is 2.29. The molecule has 0 fully saturated rings. The summed E-state index contributed by atoms with van der Waals surface area (Å²) in [5, 5.41) is 5.40. The average molecular weight is 418 g/mol. The Labute approximate surface area is 171 Å². The van der Waals surface area contributed by atoms with Crippen LogP contribution in [0.5, 0.6) is 11.5 Å². The molecule has 1 heterocycles. The first-order valence-electron chi connectivity index (χ1n) is 8.93. The van der Waals surface area contributed by atoms with Gasteiger partial charge in [-0.3, -0.25) is 4.79 Å². The van der Waals surface area contributed by atoms with E-state index in [1.54, 1.807) is 17.5 Å². The van der Waals surface area contributed by atoms with E-state index < -0.39 is 6.61 Å². The molecule has 0 bridgehead atoms. The van der Waals surface area contributed by atoms with Crippen LogP contribution >= 0.6 is 11.3 Å². The fourth-order valence-corrected chi connectivity index (χ4v) is 3.55. The molecule has 2 aromatic carbocycles. The number of alkyl halides is 2. The van der Waals surface area contributed by atoms with E-state index in [0.717, 1.165) is 16.1 Å². The lowest BCUT2D eigenvalue weighted by molar-refractivity contribution is -0.0512. The molecule has 8 heteroatoms. The van der Waals surface area contributed by atoms with Crippen molar-refractivity contribution in [1.82, 2.24) is 10.3 Å². The Hall–Kier alpha value is -3.00. The van der Waals surface area contributed by atoms with Gasteiger partial charge in [-0.2, -0.15) is 8.78 Å². The zero-order chi connectivity index (χ0) is 20.6. The summed E-state index contributed by atoms with van der Waals surface area (Å²) in [7, 11) is 1.38. The molecule has 5 nitrogen and oxygen atoms in total. The Morgan fingerprint density at radius 2 is 1.93 bits per heavy atom. The molecule has 1 aromatic heterocycles. The van der Waals surface area contributed by atoms with Crippen molar-refractivity contribution in [3.63, 3.8) is 0 Å². The van der Waals surface area contributed by atoms with Crippen LogP contribution in [0, 0.1) is 0 Å². The van der Waals surface area contributed by atoms with Crippen molar-refractivity contribution >= 4 is 17.2 Å². The van der Waals surface area contributed by atoms with Gasteiger partial charge in [0, 0.05) is 18.3 Å². The maximum absolute atomic E-state index is 12.5. The van der Waals surface area contributed by atoms with E-state index in [0.29, 0.717) is 25.1 Å². The van der Waals surface area contributed by atoms with Gasteiger partial charge in [-0.15, -0.1) is 11.3 Å². The minimum atomic E-state index is -2.94. The van der Waals surface area contributed by atoms with Crippen molar-refractivity contribution in [2.24, 2.45) is 0 Å². The van der Waals surface area contributed by atoms with Crippen molar-refractivity contribution in [3.05, 3.63) is 75.7 Å². The van der Waals surface area contributed by atoms with Gasteiger partial charge >= 0.3 is 6.61 Å². The summed E-state index contributed by atoms with van der Waals surface area (Å²) in [5.41, 5.74) is 2.25. The smallest absolute Gasteiger partial charge is 0.387 e. The highest BCUT2D eigenvalue weighted by molar-refractivity contribution is 7.09. The van der Waals surface area contributed by atoms with Crippen molar-refractivity contribution < 1.29 is 23.0 Å². The molecular weight excluding hydrogens is 398 g/mol. The predicted molar refractivity (Wildman–Crippen MR) is 107 cm³/mol. The Morgan fingerprint density at radius 1 is 1.14 bits per heavy atom. The summed E-state index contributed by atoms with van der Waals surface area (Å²) in [6.07, 6.45) is 1.13. The van der Waals surface area contributed by atoms with E-state index in [1.165, 1.54) is 24.5 Å². The molecule has 0 aliphatic rings. The Morgan fingerprint density at radius 3 is 2.66 bits per heavy atom. The monoisotopic (exact) mass is 418 g/mol. The highest BCUT2D eigenvalue weighted by Gasteiger charge is 2.13. The van der Waals surface area contributed by atoms with Crippen LogP contribution in [0.4, 0.5) is 8.78 Å². The van der Waals surface area contributed by atoms with E-state index >= 15 is 0 Å². The zero-order valence-corrected chi connectivity index (χ0v) is 16.5. The van der Waals surface area contributed by atoms with E-state index in [1.807, 2.05) is 30.3 Å². The summed E-state index contributed by atoms with van der Waals surface area (Å²) >= 11 is 1.44. The van der Waals surface area contributed by atoms with Crippen molar-refractivity contribution in [3.8, 4) is 11.5 Å². The molecule has 0 saturated carbocycles. The number of hydrogen-bond acceptors (Lipinski definition) is 5. The molecule has 0 unspecified atom stereocenters. The second-order valence-corrected chi connectivity index (χ2v) is 7.10. The van der Waals surface area contributed by atoms with E-state index in [2.05, 4.69) is 15.0 Å². The number of benzene rings is 2. The van der Waals surface area contributed by atoms with Crippen molar-refractivity contribution in [2.75, 3.05) is 13.7 Å². The molecule has 0 atom stereocenters. The first-order chi connectivity index (χ1) is 14.0. The quantitative estimate of drug-likeness (QED) is 0.562. The summed E-state index contributed by atoms with van der Waals surface area (Å²) in [4.78, 5) is 16.7. The second-order valence-electron chi connectivity index (χ2n) is 6.16. The molecule has 0 radical (unpaired) electrons. The number of amides is 1. The number of rotatable bonds is 9. The zero-order valence-electron chi connectivity index (χ0n) is 15.7. The third kappa shape index (κ3) is 5.99. The fraction of sp³-hybridized carbons (Fsp3) is 0.238. The second kappa shape index (κ2) is 9.97. The fourth-order valence-electron chi connectivity index (χ4n) is 2.74. The molecule has 0 saturated heterocycles. The molecule has 1 N–H and O–H groups in total. The topological polar surface area (TPSA) is 60.5 Å². The molecule has 3 rings (SSSR count). The number of methoxy groups -OCH3 is 1. The minimum Gasteiger partial charge on any atom is -0.493 e. The van der Waals surface area contributed by atoms with Gasteiger partial charge in [-0.05, 0) is 29.7 Å². The normalized spacial score (nSPS) is 10.8. The molecule has 0 spiro atoms. The highest BCUT2D eigenvalue weighted by atomic mass is 32.1. The molecule has 152 valence electrons. The third-order valence-electron chi connectivity index (χ3n) is 4.13. The van der Waals surface area contributed by atoms with Crippen LogP contribution in [-0.4, -0.2) is 31.2 Å². The lowest BCUT2D eigenvalue weighted by Crippen LogP contribution is -2.26. The van der Waals surface area contributed by atoms with E-state index in [4.69, 9.17) is 4.74 Å². The third-order valence-corrected chi connectivity index (χ3v) is 4.97. The lowest BCUT2D eigenvalue weighted by atomic mass is 10.1. The first kappa shape index (κ1) is 20.7. The van der Waals surface area contributed by atoms with Crippen LogP contribution in [0.2, 0.25) is 0 Å². The molecular formula is C21H20F2N2O3S. The predicted octanol–water partition coefficient (Wildman–Crippen LogP) is 4.32. The Kier molecular flexibility index (Phi) is 7.13. The van der Waals surface area contributed by atoms with Gasteiger partial charge in [0.15, 0.2) is 11.5 Å². The van der Waals surface area contributed by atoms with E-state index in [-0.39, 0.29) is 17.4 Å². The molecule has 29 heavy (non-hydrogen) atoms. The number of carbonyl (C=O) groups is 1. The van der Waals surface area contributed by atoms with Gasteiger partial charge in [0.1, 0.15) is 5.69 Å². The van der Waals surface area contributed by atoms with Gasteiger partial charge < -0.3 is 14.8 Å². The first-order valence-corrected chi connectivity index (χ1v) is 9.81. The average Bonchev–Trinajstić information content (AvgIpc) is 3.17. The van der Waals surface area contributed by atoms with Gasteiger partial charge in [0.05, 0.1) is 12.1 Å². The summed E-state index contributed by atoms with van der Waals surface area (Å²) in [5.74, 6) is -0.0685. The number of nitrogens with one attached hydrogen (secondary N) is 1. The van der Waals surface area contributed by atoms with Gasteiger partial charge in [-0.25, -0.2) is 4.98 Å². The molecule has 0 aliphatic heterocycles. The van der Waals surface area contributed by atoms with Crippen molar-refractivity contribution in [2.45, 2.75) is 19.5 Å². The number of thiazole rings is 1. The van der Waals surface area contributed by atoms with Crippen LogP contribution < -0.4 is 14.8 Å². The Bertz CT molecular complexity index is 948. The van der Waals surface area contributed by atoms with Crippen LogP contribution in [0.3, 0.4) is 0 Å². The number of carbonyl (C=O) groups excluding carboxylic acids is 1.